The van der Waals surface area contributed by atoms with Crippen LogP contribution in [0.3, 0.4) is 0 Å². The van der Waals surface area contributed by atoms with Crippen LogP contribution in [0, 0.1) is 0 Å². The Hall–Kier alpha value is -2.29. The van der Waals surface area contributed by atoms with Crippen LogP contribution in [0.25, 0.3) is 0 Å². The first-order valence-corrected chi connectivity index (χ1v) is 10.1. The number of amides is 1. The lowest BCUT2D eigenvalue weighted by atomic mass is 9.90. The zero-order valence-corrected chi connectivity index (χ0v) is 20.1. The molecule has 1 unspecified atom stereocenters. The summed E-state index contributed by atoms with van der Waals surface area (Å²) in [5.41, 5.74) is 3.36. The van der Waals surface area contributed by atoms with Crippen molar-refractivity contribution in [3.05, 3.63) is 59.7 Å². The second-order valence-corrected chi connectivity index (χ2v) is 7.49. The molecule has 0 saturated heterocycles. The van der Waals surface area contributed by atoms with Gasteiger partial charge in [-0.2, -0.15) is 0 Å². The highest BCUT2D eigenvalue weighted by molar-refractivity contribution is 14.0. The van der Waals surface area contributed by atoms with Crippen molar-refractivity contribution < 1.29 is 9.53 Å². The fourth-order valence-electron chi connectivity index (χ4n) is 3.41. The first-order valence-electron chi connectivity index (χ1n) is 10.1. The summed E-state index contributed by atoms with van der Waals surface area (Å²) in [5.74, 6) is 2.25. The molecule has 0 radical (unpaired) electrons. The molecule has 3 N–H and O–H groups in total. The molecule has 1 amide bonds. The molecule has 3 rings (SSSR count). The van der Waals surface area contributed by atoms with E-state index >= 15 is 0 Å². The smallest absolute Gasteiger partial charge is 0.225 e. The van der Waals surface area contributed by atoms with Crippen molar-refractivity contribution in [3.63, 3.8) is 0 Å². The number of guanidine groups is 1. The first-order chi connectivity index (χ1) is 14.1. The van der Waals surface area contributed by atoms with E-state index in [2.05, 4.69) is 53.0 Å². The molecule has 1 heterocycles. The summed E-state index contributed by atoms with van der Waals surface area (Å²) < 4.78 is 5.79. The van der Waals surface area contributed by atoms with Crippen molar-refractivity contribution in [2.24, 2.45) is 4.99 Å². The molecule has 0 aliphatic carbocycles. The van der Waals surface area contributed by atoms with E-state index < -0.39 is 0 Å². The monoisotopic (exact) mass is 522 g/mol. The molecule has 0 aromatic heterocycles. The van der Waals surface area contributed by atoms with E-state index in [-0.39, 0.29) is 35.8 Å². The number of benzene rings is 2. The Bertz CT molecular complexity index is 853. The van der Waals surface area contributed by atoms with Gasteiger partial charge in [-0.15, -0.1) is 24.0 Å². The number of aliphatic imine (C=N–C) groups is 1. The minimum absolute atomic E-state index is 0. The Balaban J connectivity index is 0.00000320. The van der Waals surface area contributed by atoms with Gasteiger partial charge in [-0.25, -0.2) is 0 Å². The molecular formula is C23H31IN4O2. The number of carbonyl (C=O) groups is 1. The number of carbonyl (C=O) groups excluding carboxylic acids is 1. The van der Waals surface area contributed by atoms with Gasteiger partial charge < -0.3 is 20.7 Å². The number of anilines is 1. The average molecular weight is 522 g/mol. The maximum Gasteiger partial charge on any atom is 0.225 e. The fourth-order valence-corrected chi connectivity index (χ4v) is 3.41. The number of hydrogen-bond acceptors (Lipinski definition) is 3. The van der Waals surface area contributed by atoms with E-state index in [4.69, 9.17) is 4.74 Å². The molecule has 0 saturated carbocycles. The SMILES string of the molecule is CN=C(NCCOc1ccc(C(C)C)cc1)NCC1CC(=O)Nc2ccccc21.I. The zero-order chi connectivity index (χ0) is 20.6. The van der Waals surface area contributed by atoms with Crippen molar-refractivity contribution in [1.29, 1.82) is 0 Å². The molecule has 30 heavy (non-hydrogen) atoms. The predicted molar refractivity (Wildman–Crippen MR) is 133 cm³/mol. The van der Waals surface area contributed by atoms with Gasteiger partial charge in [0.25, 0.3) is 0 Å². The normalized spacial score (nSPS) is 15.7. The number of para-hydroxylation sites is 1. The van der Waals surface area contributed by atoms with Crippen molar-refractivity contribution in [1.82, 2.24) is 10.6 Å². The van der Waals surface area contributed by atoms with Gasteiger partial charge in [-0.3, -0.25) is 9.79 Å². The van der Waals surface area contributed by atoms with E-state index in [1.54, 1.807) is 7.05 Å². The number of ether oxygens (including phenoxy) is 1. The van der Waals surface area contributed by atoms with E-state index in [1.807, 2.05) is 30.3 Å². The van der Waals surface area contributed by atoms with Crippen molar-refractivity contribution >= 4 is 41.5 Å². The fraction of sp³-hybridized carbons (Fsp3) is 0.391. The summed E-state index contributed by atoms with van der Waals surface area (Å²) in [6, 6.07) is 16.2. The standard InChI is InChI=1S/C23H30N4O2.HI/c1-16(2)17-8-10-19(11-9-17)29-13-12-25-23(24-3)26-15-18-14-22(28)27-21-7-5-4-6-20(18)21;/h4-11,16,18H,12-15H2,1-3H3,(H,27,28)(H2,24,25,26);1H. The van der Waals surface area contributed by atoms with Gasteiger partial charge in [0, 0.05) is 31.6 Å². The van der Waals surface area contributed by atoms with E-state index in [0.29, 0.717) is 38.0 Å². The molecule has 0 bridgehead atoms. The molecule has 162 valence electrons. The maximum absolute atomic E-state index is 12.0. The number of nitrogens with zero attached hydrogens (tertiary/aromatic N) is 1. The van der Waals surface area contributed by atoms with E-state index in [0.717, 1.165) is 17.0 Å². The van der Waals surface area contributed by atoms with Gasteiger partial charge in [-0.05, 0) is 35.2 Å². The van der Waals surface area contributed by atoms with Crippen molar-refractivity contribution in [2.75, 3.05) is 32.1 Å². The highest BCUT2D eigenvalue weighted by Gasteiger charge is 2.24. The van der Waals surface area contributed by atoms with Crippen molar-refractivity contribution in [2.45, 2.75) is 32.1 Å². The molecule has 0 fully saturated rings. The summed E-state index contributed by atoms with van der Waals surface area (Å²) >= 11 is 0. The Morgan fingerprint density at radius 1 is 1.17 bits per heavy atom. The van der Waals surface area contributed by atoms with Gasteiger partial charge in [-0.1, -0.05) is 44.2 Å². The summed E-state index contributed by atoms with van der Waals surface area (Å²) in [6.45, 7) is 6.17. The van der Waals surface area contributed by atoms with Crippen LogP contribution in [-0.2, 0) is 4.79 Å². The molecule has 1 aliphatic rings. The lowest BCUT2D eigenvalue weighted by Crippen LogP contribution is -2.42. The summed E-state index contributed by atoms with van der Waals surface area (Å²) in [6.07, 6.45) is 0.469. The minimum atomic E-state index is 0. The van der Waals surface area contributed by atoms with Gasteiger partial charge in [0.05, 0.1) is 6.54 Å². The van der Waals surface area contributed by atoms with Gasteiger partial charge in [0.15, 0.2) is 5.96 Å². The highest BCUT2D eigenvalue weighted by atomic mass is 127. The van der Waals surface area contributed by atoms with Crippen molar-refractivity contribution in [3.8, 4) is 5.75 Å². The predicted octanol–water partition coefficient (Wildman–Crippen LogP) is 4.10. The largest absolute Gasteiger partial charge is 0.492 e. The van der Waals surface area contributed by atoms with Crippen LogP contribution in [-0.4, -0.2) is 38.6 Å². The van der Waals surface area contributed by atoms with Gasteiger partial charge in [0.2, 0.25) is 5.91 Å². The molecule has 1 atom stereocenters. The molecule has 1 aliphatic heterocycles. The third-order valence-electron chi connectivity index (χ3n) is 5.06. The van der Waals surface area contributed by atoms with Crippen LogP contribution in [0.2, 0.25) is 0 Å². The van der Waals surface area contributed by atoms with Crippen LogP contribution in [0.1, 0.15) is 43.2 Å². The molecular weight excluding hydrogens is 491 g/mol. The zero-order valence-electron chi connectivity index (χ0n) is 17.8. The maximum atomic E-state index is 12.0. The van der Waals surface area contributed by atoms with Gasteiger partial charge >= 0.3 is 0 Å². The number of halogens is 1. The second-order valence-electron chi connectivity index (χ2n) is 7.49. The highest BCUT2D eigenvalue weighted by Crippen LogP contribution is 2.31. The summed E-state index contributed by atoms with van der Waals surface area (Å²) in [4.78, 5) is 16.2. The van der Waals surface area contributed by atoms with Crippen LogP contribution in [0.5, 0.6) is 5.75 Å². The minimum Gasteiger partial charge on any atom is -0.492 e. The number of fused-ring (bicyclic) bond motifs is 1. The summed E-state index contributed by atoms with van der Waals surface area (Å²) in [5, 5.41) is 9.51. The lowest BCUT2D eigenvalue weighted by Gasteiger charge is -2.26. The molecule has 6 nitrogen and oxygen atoms in total. The molecule has 2 aromatic carbocycles. The average Bonchev–Trinajstić information content (AvgIpc) is 2.73. The van der Waals surface area contributed by atoms with Crippen LogP contribution < -0.4 is 20.7 Å². The van der Waals surface area contributed by atoms with Crippen LogP contribution >= 0.6 is 24.0 Å². The Morgan fingerprint density at radius 3 is 2.60 bits per heavy atom. The number of rotatable bonds is 7. The molecule has 7 heteroatoms. The lowest BCUT2D eigenvalue weighted by molar-refractivity contribution is -0.116. The van der Waals surface area contributed by atoms with Gasteiger partial charge in [0.1, 0.15) is 12.4 Å². The molecule has 2 aromatic rings. The Labute approximate surface area is 195 Å². The second kappa shape index (κ2) is 11.8. The van der Waals surface area contributed by atoms with Crippen LogP contribution in [0.4, 0.5) is 5.69 Å². The third-order valence-corrected chi connectivity index (χ3v) is 5.06. The molecule has 0 spiro atoms. The summed E-state index contributed by atoms with van der Waals surface area (Å²) in [7, 11) is 1.74. The van der Waals surface area contributed by atoms with E-state index in [1.165, 1.54) is 5.56 Å². The quantitative estimate of drug-likeness (QED) is 0.222. The van der Waals surface area contributed by atoms with Crippen LogP contribution in [0.15, 0.2) is 53.5 Å². The number of hydrogen-bond donors (Lipinski definition) is 3. The third kappa shape index (κ3) is 6.62. The first kappa shape index (κ1) is 24.0. The topological polar surface area (TPSA) is 74.8 Å². The Kier molecular flexibility index (Phi) is 9.42. The Morgan fingerprint density at radius 2 is 1.90 bits per heavy atom. The number of nitrogens with one attached hydrogen (secondary N) is 3. The van der Waals surface area contributed by atoms with E-state index in [9.17, 15) is 4.79 Å².